The molecule has 0 aromatic heterocycles. The Labute approximate surface area is 98.9 Å². The number of carbonyl (C=O) groups is 1. The van der Waals surface area contributed by atoms with Crippen LogP contribution in [-0.2, 0) is 9.53 Å². The first-order valence-electron chi connectivity index (χ1n) is 6.54. The third-order valence-electron chi connectivity index (χ3n) is 3.75. The van der Waals surface area contributed by atoms with Crippen molar-refractivity contribution >= 4 is 5.97 Å². The molecule has 0 heterocycles. The van der Waals surface area contributed by atoms with E-state index in [0.29, 0.717) is 19.1 Å². The van der Waals surface area contributed by atoms with Crippen LogP contribution in [0.3, 0.4) is 0 Å². The minimum absolute atomic E-state index is 0.0912. The SMILES string of the molecule is CCOC(=O)CCNC1CCCC(C)C1C. The van der Waals surface area contributed by atoms with E-state index in [-0.39, 0.29) is 5.97 Å². The monoisotopic (exact) mass is 227 g/mol. The third-order valence-corrected chi connectivity index (χ3v) is 3.75. The van der Waals surface area contributed by atoms with Gasteiger partial charge in [0.15, 0.2) is 0 Å². The second-order valence-electron chi connectivity index (χ2n) is 4.88. The summed E-state index contributed by atoms with van der Waals surface area (Å²) in [5, 5.41) is 3.49. The summed E-state index contributed by atoms with van der Waals surface area (Å²) in [5.41, 5.74) is 0. The van der Waals surface area contributed by atoms with Gasteiger partial charge in [-0.25, -0.2) is 0 Å². The van der Waals surface area contributed by atoms with Gasteiger partial charge >= 0.3 is 5.97 Å². The Morgan fingerprint density at radius 2 is 2.12 bits per heavy atom. The summed E-state index contributed by atoms with van der Waals surface area (Å²) in [4.78, 5) is 11.2. The Balaban J connectivity index is 2.19. The van der Waals surface area contributed by atoms with E-state index in [4.69, 9.17) is 4.74 Å². The van der Waals surface area contributed by atoms with Gasteiger partial charge in [0.2, 0.25) is 0 Å². The van der Waals surface area contributed by atoms with E-state index in [1.807, 2.05) is 6.92 Å². The zero-order chi connectivity index (χ0) is 12.0. The Hall–Kier alpha value is -0.570. The van der Waals surface area contributed by atoms with Gasteiger partial charge in [-0.2, -0.15) is 0 Å². The molecule has 1 N–H and O–H groups in total. The molecule has 3 nitrogen and oxygen atoms in total. The highest BCUT2D eigenvalue weighted by Crippen LogP contribution is 2.29. The Bertz CT molecular complexity index is 218. The first-order chi connectivity index (χ1) is 7.65. The number of carbonyl (C=O) groups excluding carboxylic acids is 1. The van der Waals surface area contributed by atoms with Crippen molar-refractivity contribution in [3.8, 4) is 0 Å². The molecule has 3 heteroatoms. The number of nitrogens with one attached hydrogen (secondary N) is 1. The molecule has 0 radical (unpaired) electrons. The molecule has 3 atom stereocenters. The molecule has 3 unspecified atom stereocenters. The fraction of sp³-hybridized carbons (Fsp3) is 0.923. The summed E-state index contributed by atoms with van der Waals surface area (Å²) in [5.74, 6) is 1.43. The zero-order valence-electron chi connectivity index (χ0n) is 10.8. The zero-order valence-corrected chi connectivity index (χ0v) is 10.8. The van der Waals surface area contributed by atoms with Crippen LogP contribution in [0.1, 0.15) is 46.5 Å². The molecule has 1 rings (SSSR count). The van der Waals surface area contributed by atoms with Gasteiger partial charge in [-0.15, -0.1) is 0 Å². The maximum Gasteiger partial charge on any atom is 0.307 e. The average molecular weight is 227 g/mol. The highest BCUT2D eigenvalue weighted by Gasteiger charge is 2.26. The first kappa shape index (κ1) is 13.5. The number of ether oxygens (including phenoxy) is 1. The van der Waals surface area contributed by atoms with E-state index in [1.54, 1.807) is 0 Å². The molecule has 0 saturated heterocycles. The number of esters is 1. The molecule has 0 aromatic rings. The van der Waals surface area contributed by atoms with E-state index in [9.17, 15) is 4.79 Å². The van der Waals surface area contributed by atoms with Gasteiger partial charge in [0, 0.05) is 12.6 Å². The number of hydrogen-bond donors (Lipinski definition) is 1. The largest absolute Gasteiger partial charge is 0.466 e. The van der Waals surface area contributed by atoms with Gasteiger partial charge in [0.1, 0.15) is 0 Å². The highest BCUT2D eigenvalue weighted by atomic mass is 16.5. The topological polar surface area (TPSA) is 38.3 Å². The molecule has 1 saturated carbocycles. The summed E-state index contributed by atoms with van der Waals surface area (Å²) < 4.78 is 4.90. The molecule has 1 aliphatic rings. The lowest BCUT2D eigenvalue weighted by atomic mass is 9.78. The number of rotatable bonds is 5. The molecule has 94 valence electrons. The van der Waals surface area contributed by atoms with E-state index in [1.165, 1.54) is 19.3 Å². The molecule has 0 aromatic carbocycles. The second kappa shape index (κ2) is 6.89. The van der Waals surface area contributed by atoms with E-state index in [2.05, 4.69) is 19.2 Å². The fourth-order valence-electron chi connectivity index (χ4n) is 2.46. The Morgan fingerprint density at radius 3 is 2.81 bits per heavy atom. The normalized spacial score (nSPS) is 30.1. The van der Waals surface area contributed by atoms with Gasteiger partial charge in [-0.1, -0.05) is 26.7 Å². The van der Waals surface area contributed by atoms with Gasteiger partial charge in [0.25, 0.3) is 0 Å². The van der Waals surface area contributed by atoms with Crippen LogP contribution in [0.2, 0.25) is 0 Å². The van der Waals surface area contributed by atoms with Crippen molar-refractivity contribution in [2.75, 3.05) is 13.2 Å². The first-order valence-corrected chi connectivity index (χ1v) is 6.54. The maximum atomic E-state index is 11.2. The smallest absolute Gasteiger partial charge is 0.307 e. The maximum absolute atomic E-state index is 11.2. The predicted molar refractivity (Wildman–Crippen MR) is 65.2 cm³/mol. The molecule has 1 aliphatic carbocycles. The molecule has 0 bridgehead atoms. The lowest BCUT2D eigenvalue weighted by molar-refractivity contribution is -0.143. The molecule has 16 heavy (non-hydrogen) atoms. The lowest BCUT2D eigenvalue weighted by Crippen LogP contribution is -2.41. The lowest BCUT2D eigenvalue weighted by Gasteiger charge is -2.34. The van der Waals surface area contributed by atoms with Crippen molar-refractivity contribution < 1.29 is 9.53 Å². The summed E-state index contributed by atoms with van der Waals surface area (Å²) in [7, 11) is 0. The summed E-state index contributed by atoms with van der Waals surface area (Å²) in [6.07, 6.45) is 4.39. The van der Waals surface area contributed by atoms with Crippen LogP contribution in [0.15, 0.2) is 0 Å². The second-order valence-corrected chi connectivity index (χ2v) is 4.88. The van der Waals surface area contributed by atoms with Gasteiger partial charge in [0.05, 0.1) is 13.0 Å². The van der Waals surface area contributed by atoms with E-state index in [0.717, 1.165) is 18.4 Å². The number of hydrogen-bond acceptors (Lipinski definition) is 3. The molecular weight excluding hydrogens is 202 g/mol. The van der Waals surface area contributed by atoms with Crippen LogP contribution in [0, 0.1) is 11.8 Å². The van der Waals surface area contributed by atoms with Crippen molar-refractivity contribution in [1.29, 1.82) is 0 Å². The van der Waals surface area contributed by atoms with Crippen LogP contribution < -0.4 is 5.32 Å². The van der Waals surface area contributed by atoms with E-state index >= 15 is 0 Å². The molecular formula is C13H25NO2. The van der Waals surface area contributed by atoms with Crippen molar-refractivity contribution in [2.24, 2.45) is 11.8 Å². The Morgan fingerprint density at radius 1 is 1.38 bits per heavy atom. The molecule has 0 aliphatic heterocycles. The Kier molecular flexibility index (Phi) is 5.81. The van der Waals surface area contributed by atoms with Crippen LogP contribution in [0.5, 0.6) is 0 Å². The fourth-order valence-corrected chi connectivity index (χ4v) is 2.46. The molecule has 0 amide bonds. The summed E-state index contributed by atoms with van der Waals surface area (Å²) in [6, 6.07) is 0.582. The van der Waals surface area contributed by atoms with Crippen molar-refractivity contribution in [3.05, 3.63) is 0 Å². The van der Waals surface area contributed by atoms with E-state index < -0.39 is 0 Å². The standard InChI is InChI=1S/C13H25NO2/c1-4-16-13(15)8-9-14-12-7-5-6-10(2)11(12)3/h10-12,14H,4-9H2,1-3H3. The van der Waals surface area contributed by atoms with Crippen LogP contribution in [0.4, 0.5) is 0 Å². The van der Waals surface area contributed by atoms with Gasteiger partial charge < -0.3 is 10.1 Å². The van der Waals surface area contributed by atoms with Crippen LogP contribution >= 0.6 is 0 Å². The van der Waals surface area contributed by atoms with Gasteiger partial charge in [-0.05, 0) is 25.2 Å². The van der Waals surface area contributed by atoms with Crippen molar-refractivity contribution in [1.82, 2.24) is 5.32 Å². The van der Waals surface area contributed by atoms with Crippen LogP contribution in [-0.4, -0.2) is 25.2 Å². The van der Waals surface area contributed by atoms with Gasteiger partial charge in [-0.3, -0.25) is 4.79 Å². The predicted octanol–water partition coefficient (Wildman–Crippen LogP) is 2.35. The van der Waals surface area contributed by atoms with Crippen LogP contribution in [0.25, 0.3) is 0 Å². The highest BCUT2D eigenvalue weighted by molar-refractivity contribution is 5.69. The molecule has 0 spiro atoms. The quantitative estimate of drug-likeness (QED) is 0.733. The third kappa shape index (κ3) is 4.12. The minimum Gasteiger partial charge on any atom is -0.466 e. The van der Waals surface area contributed by atoms with Crippen molar-refractivity contribution in [2.45, 2.75) is 52.5 Å². The summed E-state index contributed by atoms with van der Waals surface area (Å²) >= 11 is 0. The average Bonchev–Trinajstić information content (AvgIpc) is 2.25. The summed E-state index contributed by atoms with van der Waals surface area (Å²) in [6.45, 7) is 7.71. The van der Waals surface area contributed by atoms with Crippen molar-refractivity contribution in [3.63, 3.8) is 0 Å². The molecule has 1 fully saturated rings. The minimum atomic E-state index is -0.0912.